The van der Waals surface area contributed by atoms with Gasteiger partial charge in [0.15, 0.2) is 11.5 Å². The Morgan fingerprint density at radius 1 is 0.571 bits per heavy atom. The van der Waals surface area contributed by atoms with E-state index in [0.717, 1.165) is 27.8 Å². The second kappa shape index (κ2) is 18.5. The summed E-state index contributed by atoms with van der Waals surface area (Å²) in [6.07, 6.45) is -0.436. The van der Waals surface area contributed by atoms with Crippen LogP contribution in [0.3, 0.4) is 0 Å². The number of alkyl carbamates (subject to hydrolysis) is 1. The van der Waals surface area contributed by atoms with Crippen LogP contribution in [0.25, 0.3) is 0 Å². The number of aliphatic hydroxyl groups is 1. The molecule has 0 radical (unpaired) electrons. The van der Waals surface area contributed by atoms with Crippen LogP contribution >= 0.6 is 0 Å². The predicted molar refractivity (Wildman–Crippen MR) is 186 cm³/mol. The molecule has 0 bridgehead atoms. The van der Waals surface area contributed by atoms with Gasteiger partial charge in [-0.3, -0.25) is 4.79 Å². The Morgan fingerprint density at radius 3 is 1.55 bits per heavy atom. The lowest BCUT2D eigenvalue weighted by Crippen LogP contribution is -2.49. The topological polar surface area (TPSA) is 115 Å². The van der Waals surface area contributed by atoms with E-state index in [9.17, 15) is 14.7 Å². The zero-order chi connectivity index (χ0) is 34.1. The molecule has 0 unspecified atom stereocenters. The first-order valence-corrected chi connectivity index (χ1v) is 16.1. The standard InChI is InChI=1S/C40H40N2O7/c43-25-35(42-40(45)49-29-33-19-11-4-12-20-33)39(44)41-24-23-34-21-22-36(46-26-30-13-5-1-6-14-30)38(48-28-32-17-9-3-10-18-32)37(34)47-27-31-15-7-2-8-16-31/h1-22,35,43H,23-29H2,(H,41,44)(H,42,45)/t35-/m0/s1. The fourth-order valence-electron chi connectivity index (χ4n) is 4.93. The van der Waals surface area contributed by atoms with E-state index >= 15 is 0 Å². The van der Waals surface area contributed by atoms with Gasteiger partial charge >= 0.3 is 6.09 Å². The van der Waals surface area contributed by atoms with Crippen LogP contribution in [0, 0.1) is 0 Å². The maximum atomic E-state index is 13.0. The molecule has 252 valence electrons. The maximum Gasteiger partial charge on any atom is 0.408 e. The lowest BCUT2D eigenvalue weighted by Gasteiger charge is -2.21. The Morgan fingerprint density at radius 2 is 1.04 bits per heavy atom. The molecule has 0 aliphatic heterocycles. The molecule has 0 heterocycles. The highest BCUT2D eigenvalue weighted by Gasteiger charge is 2.22. The lowest BCUT2D eigenvalue weighted by atomic mass is 10.1. The average Bonchev–Trinajstić information content (AvgIpc) is 3.15. The van der Waals surface area contributed by atoms with Gasteiger partial charge in [-0.15, -0.1) is 0 Å². The van der Waals surface area contributed by atoms with Gasteiger partial charge in [-0.05, 0) is 34.7 Å². The van der Waals surface area contributed by atoms with Gasteiger partial charge in [0.25, 0.3) is 0 Å². The Kier molecular flexibility index (Phi) is 13.0. The summed E-state index contributed by atoms with van der Waals surface area (Å²) < 4.78 is 24.4. The van der Waals surface area contributed by atoms with E-state index in [1.54, 1.807) is 0 Å². The van der Waals surface area contributed by atoms with Crippen molar-refractivity contribution in [3.63, 3.8) is 0 Å². The van der Waals surface area contributed by atoms with Crippen LogP contribution in [0.5, 0.6) is 17.2 Å². The van der Waals surface area contributed by atoms with Crippen molar-refractivity contribution in [2.24, 2.45) is 0 Å². The van der Waals surface area contributed by atoms with E-state index in [2.05, 4.69) is 10.6 Å². The number of amides is 2. The smallest absolute Gasteiger partial charge is 0.408 e. The fourth-order valence-corrected chi connectivity index (χ4v) is 4.93. The molecule has 0 saturated heterocycles. The van der Waals surface area contributed by atoms with E-state index < -0.39 is 24.6 Å². The number of hydrogen-bond donors (Lipinski definition) is 3. The van der Waals surface area contributed by atoms with Crippen LogP contribution < -0.4 is 24.8 Å². The lowest BCUT2D eigenvalue weighted by molar-refractivity contribution is -0.123. The van der Waals surface area contributed by atoms with Crippen molar-refractivity contribution in [2.45, 2.75) is 38.9 Å². The number of nitrogens with one attached hydrogen (secondary N) is 2. The summed E-state index contributed by atoms with van der Waals surface area (Å²) in [4.78, 5) is 25.3. The summed E-state index contributed by atoms with van der Waals surface area (Å²) in [6.45, 7) is 0.542. The molecule has 9 nitrogen and oxygen atoms in total. The monoisotopic (exact) mass is 660 g/mol. The van der Waals surface area contributed by atoms with Gasteiger partial charge < -0.3 is 34.7 Å². The number of hydrogen-bond acceptors (Lipinski definition) is 7. The first kappa shape index (κ1) is 34.5. The SMILES string of the molecule is O=C(N[C@@H](CO)C(=O)NCCc1ccc(OCc2ccccc2)c(OCc2ccccc2)c1OCc1ccccc1)OCc1ccccc1. The maximum absolute atomic E-state index is 13.0. The minimum Gasteiger partial charge on any atom is -0.485 e. The molecular formula is C40H40N2O7. The van der Waals surface area contributed by atoms with Crippen LogP contribution in [0.2, 0.25) is 0 Å². The summed E-state index contributed by atoms with van der Waals surface area (Å²) in [6, 6.07) is 41.2. The van der Waals surface area contributed by atoms with Crippen LogP contribution in [0.1, 0.15) is 27.8 Å². The number of rotatable bonds is 17. The van der Waals surface area contributed by atoms with E-state index in [0.29, 0.717) is 30.3 Å². The van der Waals surface area contributed by atoms with Crippen molar-refractivity contribution >= 4 is 12.0 Å². The minimum atomic E-state index is -1.18. The molecular weight excluding hydrogens is 620 g/mol. The van der Waals surface area contributed by atoms with Crippen molar-refractivity contribution in [3.05, 3.63) is 161 Å². The largest absolute Gasteiger partial charge is 0.485 e. The summed E-state index contributed by atoms with van der Waals surface area (Å²) in [5, 5.41) is 15.1. The number of carbonyl (C=O) groups is 2. The summed E-state index contributed by atoms with van der Waals surface area (Å²) in [5.74, 6) is 0.931. The Labute approximate surface area is 286 Å². The molecule has 1 atom stereocenters. The third-order valence-corrected chi connectivity index (χ3v) is 7.54. The molecule has 5 aromatic carbocycles. The zero-order valence-corrected chi connectivity index (χ0v) is 27.1. The van der Waals surface area contributed by atoms with Crippen molar-refractivity contribution in [1.82, 2.24) is 10.6 Å². The van der Waals surface area contributed by atoms with Crippen LogP contribution in [-0.2, 0) is 42.4 Å². The Bertz CT molecular complexity index is 1740. The molecule has 0 fully saturated rings. The second-order valence-corrected chi connectivity index (χ2v) is 11.2. The molecule has 3 N–H and O–H groups in total. The minimum absolute atomic E-state index is 0.0396. The molecule has 0 spiro atoms. The van der Waals surface area contributed by atoms with Crippen LogP contribution in [-0.4, -0.2) is 36.3 Å². The molecule has 2 amide bonds. The highest BCUT2D eigenvalue weighted by Crippen LogP contribution is 2.42. The van der Waals surface area contributed by atoms with Gasteiger partial charge in [0.1, 0.15) is 32.5 Å². The van der Waals surface area contributed by atoms with Gasteiger partial charge in [0.2, 0.25) is 11.7 Å². The van der Waals surface area contributed by atoms with Gasteiger partial charge in [0.05, 0.1) is 6.61 Å². The van der Waals surface area contributed by atoms with Crippen LogP contribution in [0.15, 0.2) is 133 Å². The molecule has 9 heteroatoms. The first-order chi connectivity index (χ1) is 24.1. The summed E-state index contributed by atoms with van der Waals surface area (Å²) in [5.41, 5.74) is 4.54. The van der Waals surface area contributed by atoms with Crippen LogP contribution in [0.4, 0.5) is 4.79 Å². The Hall–Kier alpha value is -5.80. The van der Waals surface area contributed by atoms with Crippen molar-refractivity contribution in [2.75, 3.05) is 13.2 Å². The molecule has 0 aliphatic rings. The number of aliphatic hydroxyl groups excluding tert-OH is 1. The molecule has 0 aliphatic carbocycles. The molecule has 0 saturated carbocycles. The van der Waals surface area contributed by atoms with Crippen molar-refractivity contribution < 1.29 is 33.6 Å². The molecule has 5 aromatic rings. The van der Waals surface area contributed by atoms with E-state index in [4.69, 9.17) is 18.9 Å². The molecule has 0 aromatic heterocycles. The third kappa shape index (κ3) is 10.9. The van der Waals surface area contributed by atoms with E-state index in [-0.39, 0.29) is 26.4 Å². The second-order valence-electron chi connectivity index (χ2n) is 11.2. The molecule has 49 heavy (non-hydrogen) atoms. The highest BCUT2D eigenvalue weighted by molar-refractivity contribution is 5.85. The quantitative estimate of drug-likeness (QED) is 0.106. The highest BCUT2D eigenvalue weighted by atomic mass is 16.6. The van der Waals surface area contributed by atoms with Crippen molar-refractivity contribution in [3.8, 4) is 17.2 Å². The first-order valence-electron chi connectivity index (χ1n) is 16.1. The summed E-state index contributed by atoms with van der Waals surface area (Å²) in [7, 11) is 0. The van der Waals surface area contributed by atoms with Gasteiger partial charge in [0, 0.05) is 12.1 Å². The van der Waals surface area contributed by atoms with Gasteiger partial charge in [-0.25, -0.2) is 4.79 Å². The third-order valence-electron chi connectivity index (χ3n) is 7.54. The predicted octanol–water partition coefficient (Wildman–Crippen LogP) is 6.37. The Balaban J connectivity index is 1.30. The number of benzene rings is 5. The fraction of sp³-hybridized carbons (Fsp3) is 0.200. The number of ether oxygens (including phenoxy) is 4. The average molecular weight is 661 g/mol. The van der Waals surface area contributed by atoms with Gasteiger partial charge in [-0.2, -0.15) is 0 Å². The summed E-state index contributed by atoms with van der Waals surface area (Å²) >= 11 is 0. The normalized spacial score (nSPS) is 11.2. The van der Waals surface area contributed by atoms with Crippen molar-refractivity contribution in [1.29, 1.82) is 0 Å². The van der Waals surface area contributed by atoms with E-state index in [1.165, 1.54) is 0 Å². The zero-order valence-electron chi connectivity index (χ0n) is 27.1. The van der Waals surface area contributed by atoms with Gasteiger partial charge in [-0.1, -0.05) is 127 Å². The molecule has 5 rings (SSSR count). The number of carbonyl (C=O) groups excluding carboxylic acids is 2. The van der Waals surface area contributed by atoms with E-state index in [1.807, 2.05) is 133 Å².